The van der Waals surface area contributed by atoms with E-state index in [0.717, 1.165) is 31.6 Å². The predicted octanol–water partition coefficient (Wildman–Crippen LogP) is 4.36. The van der Waals surface area contributed by atoms with Crippen LogP contribution in [0.15, 0.2) is 34.9 Å². The van der Waals surface area contributed by atoms with Gasteiger partial charge in [0.05, 0.1) is 6.61 Å². The molecule has 0 saturated heterocycles. The highest BCUT2D eigenvalue weighted by molar-refractivity contribution is 5.92. The molecule has 2 fully saturated rings. The molecule has 2 heteroatoms. The van der Waals surface area contributed by atoms with Gasteiger partial charge in [-0.1, -0.05) is 42.7 Å². The second-order valence-electron chi connectivity index (χ2n) is 8.45. The average Bonchev–Trinajstić information content (AvgIpc) is 2.85. The summed E-state index contributed by atoms with van der Waals surface area (Å²) in [6, 6.07) is 0. The van der Waals surface area contributed by atoms with Crippen molar-refractivity contribution in [2.75, 3.05) is 6.61 Å². The predicted molar refractivity (Wildman–Crippen MR) is 91.9 cm³/mol. The number of allylic oxidation sites excluding steroid dienone is 5. The maximum Gasteiger partial charge on any atom is 0.155 e. The van der Waals surface area contributed by atoms with Crippen LogP contribution >= 0.6 is 0 Å². The number of aliphatic hydroxyl groups excluding tert-OH is 1. The number of carbonyl (C=O) groups excluding carboxylic acids is 1. The lowest BCUT2D eigenvalue weighted by Gasteiger charge is -2.52. The number of carbonyl (C=O) groups is 1. The van der Waals surface area contributed by atoms with Crippen LogP contribution < -0.4 is 0 Å². The van der Waals surface area contributed by atoms with Gasteiger partial charge < -0.3 is 5.11 Å². The van der Waals surface area contributed by atoms with Gasteiger partial charge in [0.1, 0.15) is 0 Å². The minimum absolute atomic E-state index is 0.140. The van der Waals surface area contributed by atoms with E-state index in [1.54, 1.807) is 5.57 Å². The molecule has 4 aliphatic rings. The molecular weight excluding hydrogens is 284 g/mol. The molecule has 0 spiro atoms. The largest absolute Gasteiger partial charge is 0.392 e. The first-order valence-electron chi connectivity index (χ1n) is 9.24. The first kappa shape index (κ1) is 15.4. The molecular formula is C21H28O2. The summed E-state index contributed by atoms with van der Waals surface area (Å²) in [7, 11) is 0. The van der Waals surface area contributed by atoms with Crippen molar-refractivity contribution < 1.29 is 9.90 Å². The van der Waals surface area contributed by atoms with Crippen molar-refractivity contribution in [3.8, 4) is 0 Å². The van der Waals surface area contributed by atoms with Gasteiger partial charge in [-0.25, -0.2) is 0 Å². The van der Waals surface area contributed by atoms with Gasteiger partial charge in [-0.3, -0.25) is 4.79 Å². The first-order chi connectivity index (χ1) is 11.0. The van der Waals surface area contributed by atoms with E-state index in [1.165, 1.54) is 24.0 Å². The number of ketones is 1. The monoisotopic (exact) mass is 312 g/mol. The van der Waals surface area contributed by atoms with Crippen LogP contribution in [0, 0.1) is 22.7 Å². The molecule has 0 aromatic heterocycles. The maximum absolute atomic E-state index is 11.8. The Balaban J connectivity index is 1.74. The molecule has 0 heterocycles. The molecule has 0 bridgehead atoms. The number of aliphatic hydroxyl groups is 1. The van der Waals surface area contributed by atoms with E-state index in [2.05, 4.69) is 26.0 Å². The second-order valence-corrected chi connectivity index (χ2v) is 8.45. The van der Waals surface area contributed by atoms with Crippen molar-refractivity contribution in [1.29, 1.82) is 0 Å². The van der Waals surface area contributed by atoms with E-state index >= 15 is 0 Å². The van der Waals surface area contributed by atoms with E-state index in [0.29, 0.717) is 18.1 Å². The Bertz CT molecular complexity index is 638. The number of fused-ring (bicyclic) bond motifs is 5. The standard InChI is InChI=1S/C21H28O2/c1-20-11-8-19-17(18(20)6-4-14(20)9-12-22)5-3-15-13-16(23)7-10-21(15,19)2/h8-9,13,17-18,22H,3-7,10-12H2,1-2H3/b14-9+/t17-,18-,20+,21-/m0/s1. The topological polar surface area (TPSA) is 37.3 Å². The first-order valence-corrected chi connectivity index (χ1v) is 9.24. The van der Waals surface area contributed by atoms with Gasteiger partial charge >= 0.3 is 0 Å². The van der Waals surface area contributed by atoms with Gasteiger partial charge in [-0.2, -0.15) is 0 Å². The number of hydrogen-bond acceptors (Lipinski definition) is 2. The van der Waals surface area contributed by atoms with Crippen molar-refractivity contribution in [3.63, 3.8) is 0 Å². The van der Waals surface area contributed by atoms with Crippen molar-refractivity contribution in [2.45, 2.75) is 58.8 Å². The Morgan fingerprint density at radius 2 is 2.09 bits per heavy atom. The summed E-state index contributed by atoms with van der Waals surface area (Å²) in [6.07, 6.45) is 14.1. The van der Waals surface area contributed by atoms with E-state index in [-0.39, 0.29) is 17.4 Å². The molecule has 0 unspecified atom stereocenters. The maximum atomic E-state index is 11.8. The number of hydrogen-bond donors (Lipinski definition) is 1. The van der Waals surface area contributed by atoms with Crippen LogP contribution in [0.3, 0.4) is 0 Å². The van der Waals surface area contributed by atoms with Crippen LogP contribution in [-0.4, -0.2) is 17.5 Å². The molecule has 23 heavy (non-hydrogen) atoms. The molecule has 0 aromatic rings. The smallest absolute Gasteiger partial charge is 0.155 e. The van der Waals surface area contributed by atoms with Crippen LogP contribution in [0.2, 0.25) is 0 Å². The molecule has 0 aliphatic heterocycles. The second kappa shape index (κ2) is 5.17. The van der Waals surface area contributed by atoms with Crippen LogP contribution in [0.5, 0.6) is 0 Å². The minimum atomic E-state index is 0.140. The van der Waals surface area contributed by atoms with Crippen molar-refractivity contribution in [1.82, 2.24) is 0 Å². The Kier molecular flexibility index (Phi) is 3.46. The summed E-state index contributed by atoms with van der Waals surface area (Å²) < 4.78 is 0. The van der Waals surface area contributed by atoms with Crippen molar-refractivity contribution in [2.24, 2.45) is 22.7 Å². The Hall–Kier alpha value is -1.15. The Morgan fingerprint density at radius 1 is 1.26 bits per heavy atom. The summed E-state index contributed by atoms with van der Waals surface area (Å²) in [5.41, 5.74) is 4.89. The van der Waals surface area contributed by atoms with E-state index < -0.39 is 0 Å². The van der Waals surface area contributed by atoms with E-state index in [4.69, 9.17) is 0 Å². The van der Waals surface area contributed by atoms with Crippen LogP contribution in [0.4, 0.5) is 0 Å². The summed E-state index contributed by atoms with van der Waals surface area (Å²) in [6.45, 7) is 4.97. The lowest BCUT2D eigenvalue weighted by atomic mass is 9.52. The molecule has 124 valence electrons. The zero-order valence-corrected chi connectivity index (χ0v) is 14.4. The highest BCUT2D eigenvalue weighted by Gasteiger charge is 2.53. The molecule has 2 nitrogen and oxygen atoms in total. The fraction of sp³-hybridized carbons (Fsp3) is 0.667. The highest BCUT2D eigenvalue weighted by Crippen LogP contribution is 2.64. The van der Waals surface area contributed by atoms with Crippen LogP contribution in [0.1, 0.15) is 58.8 Å². The third kappa shape index (κ3) is 2.07. The normalized spacial score (nSPS) is 44.3. The quantitative estimate of drug-likeness (QED) is 0.731. The van der Waals surface area contributed by atoms with Gasteiger partial charge in [0.15, 0.2) is 5.78 Å². The summed E-state index contributed by atoms with van der Waals surface area (Å²) in [5, 5.41) is 9.35. The van der Waals surface area contributed by atoms with Crippen LogP contribution in [0.25, 0.3) is 0 Å². The van der Waals surface area contributed by atoms with Gasteiger partial charge in [0.25, 0.3) is 0 Å². The fourth-order valence-corrected chi connectivity index (χ4v) is 6.16. The Labute approximate surface area is 139 Å². The SMILES string of the molecule is C[C@]12CCC(=O)C=C1CC[C@@H]1C2=CC[C@]2(C)/C(=C/CO)CC[C@@H]12. The van der Waals surface area contributed by atoms with E-state index in [1.807, 2.05) is 6.08 Å². The third-order valence-corrected chi connectivity index (χ3v) is 7.52. The van der Waals surface area contributed by atoms with Gasteiger partial charge in [-0.15, -0.1) is 0 Å². The van der Waals surface area contributed by atoms with Gasteiger partial charge in [-0.05, 0) is 61.9 Å². The van der Waals surface area contributed by atoms with Crippen molar-refractivity contribution in [3.05, 3.63) is 34.9 Å². The zero-order valence-electron chi connectivity index (χ0n) is 14.4. The van der Waals surface area contributed by atoms with Crippen LogP contribution in [-0.2, 0) is 4.79 Å². The molecule has 4 aliphatic carbocycles. The lowest BCUT2D eigenvalue weighted by Crippen LogP contribution is -2.43. The molecule has 1 N–H and O–H groups in total. The molecule has 0 aromatic carbocycles. The van der Waals surface area contributed by atoms with Crippen molar-refractivity contribution >= 4 is 5.78 Å². The third-order valence-electron chi connectivity index (χ3n) is 7.52. The summed E-state index contributed by atoms with van der Waals surface area (Å²) >= 11 is 0. The van der Waals surface area contributed by atoms with Gasteiger partial charge in [0, 0.05) is 11.8 Å². The molecule has 2 saturated carbocycles. The average molecular weight is 312 g/mol. The fourth-order valence-electron chi connectivity index (χ4n) is 6.16. The summed E-state index contributed by atoms with van der Waals surface area (Å²) in [4.78, 5) is 11.8. The van der Waals surface area contributed by atoms with E-state index in [9.17, 15) is 9.90 Å². The Morgan fingerprint density at radius 3 is 2.87 bits per heavy atom. The highest BCUT2D eigenvalue weighted by atomic mass is 16.2. The number of rotatable bonds is 1. The minimum Gasteiger partial charge on any atom is -0.392 e. The zero-order chi connectivity index (χ0) is 16.2. The molecule has 0 radical (unpaired) electrons. The molecule has 4 rings (SSSR count). The molecule has 4 atom stereocenters. The summed E-state index contributed by atoms with van der Waals surface area (Å²) in [5.74, 6) is 1.72. The molecule has 0 amide bonds. The van der Waals surface area contributed by atoms with Gasteiger partial charge in [0.2, 0.25) is 0 Å². The lowest BCUT2D eigenvalue weighted by molar-refractivity contribution is -0.115.